The first-order valence-corrected chi connectivity index (χ1v) is 8.69. The zero-order valence-corrected chi connectivity index (χ0v) is 15.1. The van der Waals surface area contributed by atoms with Crippen LogP contribution in [0.3, 0.4) is 0 Å². The molecule has 1 aliphatic rings. The highest BCUT2D eigenvalue weighted by molar-refractivity contribution is 5.94. The van der Waals surface area contributed by atoms with Gasteiger partial charge < -0.3 is 15.9 Å². The largest absolute Gasteiger partial charge is 0.508 e. The minimum absolute atomic E-state index is 0.00164. The number of halogens is 3. The smallest absolute Gasteiger partial charge is 0.425 e. The van der Waals surface area contributed by atoms with Crippen LogP contribution >= 0.6 is 0 Å². The first-order chi connectivity index (χ1) is 13.7. The molecule has 0 bridgehead atoms. The number of carbonyl (C=O) groups is 1. The van der Waals surface area contributed by atoms with Gasteiger partial charge in [-0.05, 0) is 28.8 Å². The lowest BCUT2D eigenvalue weighted by Crippen LogP contribution is -2.41. The Labute approximate surface area is 165 Å². The molecule has 0 radical (unpaired) electrons. The van der Waals surface area contributed by atoms with E-state index in [0.29, 0.717) is 12.8 Å². The van der Waals surface area contributed by atoms with Crippen molar-refractivity contribution in [1.29, 1.82) is 0 Å². The Morgan fingerprint density at radius 3 is 2.14 bits per heavy atom. The summed E-state index contributed by atoms with van der Waals surface area (Å²) < 4.78 is 40.3. The van der Waals surface area contributed by atoms with Gasteiger partial charge in [0.15, 0.2) is 6.29 Å². The number of phenolic OH excluding ortho intramolecular Hbond substituents is 1. The average Bonchev–Trinajstić information content (AvgIpc) is 2.98. The van der Waals surface area contributed by atoms with Gasteiger partial charge in [0.25, 0.3) is 0 Å². The van der Waals surface area contributed by atoms with E-state index in [0.717, 1.165) is 18.2 Å². The number of benzene rings is 3. The van der Waals surface area contributed by atoms with Gasteiger partial charge in [0.2, 0.25) is 5.60 Å². The molecule has 0 fully saturated rings. The molecule has 1 aliphatic carbocycles. The normalized spacial score (nSPS) is 17.0. The maximum atomic E-state index is 13.4. The van der Waals surface area contributed by atoms with Crippen LogP contribution in [0.4, 0.5) is 13.2 Å². The number of alkyl halides is 3. The average molecular weight is 401 g/mol. The van der Waals surface area contributed by atoms with Gasteiger partial charge in [-0.3, -0.25) is 4.79 Å². The number of nitrogens with two attached hydrogens (primary N) is 1. The summed E-state index contributed by atoms with van der Waals surface area (Å²) in [4.78, 5) is 11.1. The second-order valence-electron chi connectivity index (χ2n) is 6.52. The van der Waals surface area contributed by atoms with E-state index in [1.54, 1.807) is 0 Å². The number of aldehydes is 1. The van der Waals surface area contributed by atoms with E-state index in [2.05, 4.69) is 0 Å². The van der Waals surface area contributed by atoms with E-state index in [9.17, 15) is 28.2 Å². The summed E-state index contributed by atoms with van der Waals surface area (Å²) in [5.41, 5.74) is 2.45. The van der Waals surface area contributed by atoms with E-state index in [-0.39, 0.29) is 22.3 Å². The SMILES string of the molecule is NCc1ccccc1.O=Cc1cc(O)cc2c1-c1ccccc1C2(O)C(F)(F)F. The van der Waals surface area contributed by atoms with Crippen molar-refractivity contribution in [3.05, 3.63) is 89.0 Å². The predicted molar refractivity (Wildman–Crippen MR) is 102 cm³/mol. The van der Waals surface area contributed by atoms with Crippen LogP contribution in [0.25, 0.3) is 11.1 Å². The van der Waals surface area contributed by atoms with Crippen LogP contribution in [-0.2, 0) is 12.1 Å². The van der Waals surface area contributed by atoms with Gasteiger partial charge in [0.05, 0.1) is 0 Å². The van der Waals surface area contributed by atoms with Gasteiger partial charge in [-0.2, -0.15) is 13.2 Å². The highest BCUT2D eigenvalue weighted by atomic mass is 19.4. The third-order valence-electron chi connectivity index (χ3n) is 4.75. The lowest BCUT2D eigenvalue weighted by molar-refractivity contribution is -0.246. The molecule has 3 aromatic carbocycles. The molecule has 0 aliphatic heterocycles. The van der Waals surface area contributed by atoms with Crippen molar-refractivity contribution < 1.29 is 28.2 Å². The van der Waals surface area contributed by atoms with Crippen molar-refractivity contribution in [2.75, 3.05) is 0 Å². The number of aliphatic hydroxyl groups is 1. The van der Waals surface area contributed by atoms with Crippen LogP contribution in [0.5, 0.6) is 5.75 Å². The third kappa shape index (κ3) is 3.50. The Hall–Kier alpha value is -3.16. The molecule has 150 valence electrons. The quantitative estimate of drug-likeness (QED) is 0.564. The number of hydrogen-bond acceptors (Lipinski definition) is 4. The van der Waals surface area contributed by atoms with E-state index < -0.39 is 23.1 Å². The van der Waals surface area contributed by atoms with E-state index in [1.807, 2.05) is 30.3 Å². The van der Waals surface area contributed by atoms with Crippen LogP contribution in [0, 0.1) is 0 Å². The number of rotatable bonds is 2. The molecule has 1 atom stereocenters. The first-order valence-electron chi connectivity index (χ1n) is 8.69. The number of hydrogen-bond donors (Lipinski definition) is 3. The topological polar surface area (TPSA) is 83.6 Å². The Bertz CT molecular complexity index is 1040. The molecule has 4 rings (SSSR count). The third-order valence-corrected chi connectivity index (χ3v) is 4.75. The molecule has 1 unspecified atom stereocenters. The molecule has 4 nitrogen and oxygen atoms in total. The van der Waals surface area contributed by atoms with Gasteiger partial charge in [-0.25, -0.2) is 0 Å². The fourth-order valence-electron chi connectivity index (χ4n) is 3.41. The second-order valence-corrected chi connectivity index (χ2v) is 6.52. The zero-order chi connectivity index (χ0) is 21.2. The van der Waals surface area contributed by atoms with Crippen LogP contribution < -0.4 is 5.73 Å². The Morgan fingerprint density at radius 1 is 0.966 bits per heavy atom. The molecule has 7 heteroatoms. The Morgan fingerprint density at radius 2 is 1.59 bits per heavy atom. The van der Waals surface area contributed by atoms with Crippen LogP contribution in [-0.4, -0.2) is 22.7 Å². The first kappa shape index (κ1) is 20.6. The number of carbonyl (C=O) groups excluding carboxylic acids is 1. The summed E-state index contributed by atoms with van der Waals surface area (Å²) in [7, 11) is 0. The van der Waals surface area contributed by atoms with E-state index in [4.69, 9.17) is 5.73 Å². The fourth-order valence-corrected chi connectivity index (χ4v) is 3.41. The molecule has 0 saturated heterocycles. The van der Waals surface area contributed by atoms with Gasteiger partial charge in [-0.1, -0.05) is 54.6 Å². The second kappa shape index (κ2) is 7.69. The summed E-state index contributed by atoms with van der Waals surface area (Å²) in [6.07, 6.45) is -4.63. The van der Waals surface area contributed by atoms with Crippen molar-refractivity contribution >= 4 is 6.29 Å². The van der Waals surface area contributed by atoms with Gasteiger partial charge in [0.1, 0.15) is 5.75 Å². The number of phenols is 1. The summed E-state index contributed by atoms with van der Waals surface area (Å²) in [5, 5.41) is 19.9. The van der Waals surface area contributed by atoms with Gasteiger partial charge >= 0.3 is 6.18 Å². The molecule has 0 amide bonds. The molecular weight excluding hydrogens is 383 g/mol. The van der Waals surface area contributed by atoms with E-state index >= 15 is 0 Å². The van der Waals surface area contributed by atoms with Crippen molar-refractivity contribution in [1.82, 2.24) is 0 Å². The predicted octanol–water partition coefficient (Wildman–Crippen LogP) is 4.13. The van der Waals surface area contributed by atoms with Gasteiger partial charge in [-0.15, -0.1) is 0 Å². The minimum atomic E-state index is -4.98. The Balaban J connectivity index is 0.000000252. The van der Waals surface area contributed by atoms with Gasteiger partial charge in [0, 0.05) is 23.2 Å². The maximum Gasteiger partial charge on any atom is 0.425 e. The molecular formula is C22H18F3NO3. The summed E-state index contributed by atoms with van der Waals surface area (Å²) >= 11 is 0. The highest BCUT2D eigenvalue weighted by Crippen LogP contribution is 2.56. The zero-order valence-electron chi connectivity index (χ0n) is 15.1. The van der Waals surface area contributed by atoms with Crippen molar-refractivity contribution in [2.45, 2.75) is 18.3 Å². The molecule has 4 N–H and O–H groups in total. The van der Waals surface area contributed by atoms with E-state index in [1.165, 1.54) is 23.8 Å². The van der Waals surface area contributed by atoms with Crippen LogP contribution in [0.2, 0.25) is 0 Å². The molecule has 3 aromatic rings. The monoisotopic (exact) mass is 401 g/mol. The van der Waals surface area contributed by atoms with Crippen molar-refractivity contribution in [3.63, 3.8) is 0 Å². The molecule has 0 aromatic heterocycles. The summed E-state index contributed by atoms with van der Waals surface area (Å²) in [6.45, 7) is 0.640. The fraction of sp³-hybridized carbons (Fsp3) is 0.136. The molecule has 0 spiro atoms. The Kier molecular flexibility index (Phi) is 5.46. The van der Waals surface area contributed by atoms with Crippen LogP contribution in [0.1, 0.15) is 27.0 Å². The van der Waals surface area contributed by atoms with Crippen molar-refractivity contribution in [2.24, 2.45) is 5.73 Å². The summed E-state index contributed by atoms with van der Waals surface area (Å²) in [5.74, 6) is -0.508. The van der Waals surface area contributed by atoms with Crippen LogP contribution in [0.15, 0.2) is 66.7 Å². The summed E-state index contributed by atoms with van der Waals surface area (Å²) in [6, 6.07) is 17.4. The molecule has 0 heterocycles. The number of aromatic hydroxyl groups is 1. The van der Waals surface area contributed by atoms with Crippen molar-refractivity contribution in [3.8, 4) is 16.9 Å². The standard InChI is InChI=1S/C15H9F3O3.C7H9N/c16-15(17,18)14(21)11-4-2-1-3-10(11)13-8(7-19)5-9(20)6-12(13)14;8-6-7-4-2-1-3-5-7/h1-7,20-21H;1-5H,6,8H2. The highest BCUT2D eigenvalue weighted by Gasteiger charge is 2.61. The lowest BCUT2D eigenvalue weighted by atomic mass is 9.90. The maximum absolute atomic E-state index is 13.4. The molecule has 0 saturated carbocycles. The lowest BCUT2D eigenvalue weighted by Gasteiger charge is -2.28. The number of fused-ring (bicyclic) bond motifs is 3. The molecule has 29 heavy (non-hydrogen) atoms. The minimum Gasteiger partial charge on any atom is -0.508 e.